The van der Waals surface area contributed by atoms with Crippen LogP contribution in [-0.4, -0.2) is 11.5 Å². The standard InChI is InChI=1S/C14H15N3/c15-12-4-5-14-11(9-12)6-8-17(14)10-13-3-1-2-7-16-13/h1-5,7,9H,6,8,10,15H2. The third kappa shape index (κ3) is 1.96. The van der Waals surface area contributed by atoms with E-state index >= 15 is 0 Å². The van der Waals surface area contributed by atoms with Crippen molar-refractivity contribution in [1.82, 2.24) is 4.98 Å². The lowest BCUT2D eigenvalue weighted by molar-refractivity contribution is 0.814. The van der Waals surface area contributed by atoms with Crippen LogP contribution in [0.2, 0.25) is 0 Å². The Morgan fingerprint density at radius 3 is 3.00 bits per heavy atom. The molecule has 3 heteroatoms. The number of hydrogen-bond donors (Lipinski definition) is 1. The Kier molecular flexibility index (Phi) is 2.44. The van der Waals surface area contributed by atoms with Gasteiger partial charge in [-0.2, -0.15) is 0 Å². The van der Waals surface area contributed by atoms with Crippen LogP contribution < -0.4 is 10.6 Å². The van der Waals surface area contributed by atoms with E-state index in [0.29, 0.717) is 0 Å². The van der Waals surface area contributed by atoms with Gasteiger partial charge in [0, 0.05) is 24.1 Å². The van der Waals surface area contributed by atoms with E-state index in [1.807, 2.05) is 24.4 Å². The molecule has 0 unspecified atom stereocenters. The van der Waals surface area contributed by atoms with E-state index < -0.39 is 0 Å². The maximum absolute atomic E-state index is 5.80. The number of anilines is 2. The summed E-state index contributed by atoms with van der Waals surface area (Å²) in [7, 11) is 0. The fourth-order valence-corrected chi connectivity index (χ4v) is 2.34. The van der Waals surface area contributed by atoms with Gasteiger partial charge in [0.25, 0.3) is 0 Å². The topological polar surface area (TPSA) is 42.1 Å². The molecule has 3 rings (SSSR count). The number of fused-ring (bicyclic) bond motifs is 1. The van der Waals surface area contributed by atoms with Gasteiger partial charge < -0.3 is 10.6 Å². The van der Waals surface area contributed by atoms with Crippen molar-refractivity contribution in [1.29, 1.82) is 0 Å². The van der Waals surface area contributed by atoms with Gasteiger partial charge in [0.15, 0.2) is 0 Å². The first-order chi connectivity index (χ1) is 8.33. The Morgan fingerprint density at radius 2 is 2.18 bits per heavy atom. The summed E-state index contributed by atoms with van der Waals surface area (Å²) < 4.78 is 0. The summed E-state index contributed by atoms with van der Waals surface area (Å²) >= 11 is 0. The molecule has 1 aromatic heterocycles. The van der Waals surface area contributed by atoms with Gasteiger partial charge in [-0.3, -0.25) is 4.98 Å². The molecular weight excluding hydrogens is 210 g/mol. The zero-order chi connectivity index (χ0) is 11.7. The Morgan fingerprint density at radius 1 is 1.24 bits per heavy atom. The summed E-state index contributed by atoms with van der Waals surface area (Å²) in [4.78, 5) is 6.72. The Hall–Kier alpha value is -2.03. The average Bonchev–Trinajstić information content (AvgIpc) is 2.73. The van der Waals surface area contributed by atoms with Crippen molar-refractivity contribution in [2.75, 3.05) is 17.2 Å². The Labute approximate surface area is 101 Å². The molecule has 17 heavy (non-hydrogen) atoms. The van der Waals surface area contributed by atoms with Crippen LogP contribution in [0.4, 0.5) is 11.4 Å². The van der Waals surface area contributed by atoms with E-state index in [0.717, 1.165) is 30.9 Å². The molecule has 0 spiro atoms. The quantitative estimate of drug-likeness (QED) is 0.797. The zero-order valence-corrected chi connectivity index (χ0v) is 9.63. The van der Waals surface area contributed by atoms with Crippen LogP contribution in [0.25, 0.3) is 0 Å². The fourth-order valence-electron chi connectivity index (χ4n) is 2.34. The predicted octanol–water partition coefficient (Wildman–Crippen LogP) is 2.23. The summed E-state index contributed by atoms with van der Waals surface area (Å²) in [6.07, 6.45) is 2.92. The van der Waals surface area contributed by atoms with Crippen molar-refractivity contribution in [3.63, 3.8) is 0 Å². The highest BCUT2D eigenvalue weighted by Gasteiger charge is 2.19. The molecule has 2 N–H and O–H groups in total. The van der Waals surface area contributed by atoms with Gasteiger partial charge in [0.05, 0.1) is 12.2 Å². The number of nitrogen functional groups attached to an aromatic ring is 1. The Balaban J connectivity index is 1.85. The van der Waals surface area contributed by atoms with Crippen LogP contribution in [0.15, 0.2) is 42.6 Å². The van der Waals surface area contributed by atoms with Crippen molar-refractivity contribution in [2.24, 2.45) is 0 Å². The van der Waals surface area contributed by atoms with E-state index in [2.05, 4.69) is 28.1 Å². The summed E-state index contributed by atoms with van der Waals surface area (Å²) in [6, 6.07) is 12.2. The normalized spacial score (nSPS) is 13.8. The first-order valence-corrected chi connectivity index (χ1v) is 5.86. The zero-order valence-electron chi connectivity index (χ0n) is 9.63. The molecule has 0 saturated heterocycles. The molecule has 3 nitrogen and oxygen atoms in total. The Bertz CT molecular complexity index is 522. The molecule has 0 aliphatic carbocycles. The lowest BCUT2D eigenvalue weighted by atomic mass is 10.1. The van der Waals surface area contributed by atoms with E-state index in [9.17, 15) is 0 Å². The van der Waals surface area contributed by atoms with Crippen LogP contribution in [0.5, 0.6) is 0 Å². The van der Waals surface area contributed by atoms with Crippen molar-refractivity contribution >= 4 is 11.4 Å². The van der Waals surface area contributed by atoms with Gasteiger partial charge in [0.1, 0.15) is 0 Å². The van der Waals surface area contributed by atoms with Crippen LogP contribution in [-0.2, 0) is 13.0 Å². The van der Waals surface area contributed by atoms with Gasteiger partial charge in [-0.05, 0) is 42.3 Å². The molecule has 1 aromatic carbocycles. The predicted molar refractivity (Wildman–Crippen MR) is 69.8 cm³/mol. The third-order valence-corrected chi connectivity index (χ3v) is 3.17. The second-order valence-electron chi connectivity index (χ2n) is 4.38. The first kappa shape index (κ1) is 10.1. The summed E-state index contributed by atoms with van der Waals surface area (Å²) in [5.74, 6) is 0. The number of hydrogen-bond acceptors (Lipinski definition) is 3. The van der Waals surface area contributed by atoms with Crippen molar-refractivity contribution < 1.29 is 0 Å². The molecular formula is C14H15N3. The molecule has 1 aliphatic rings. The number of nitrogens with two attached hydrogens (primary N) is 1. The minimum absolute atomic E-state index is 0.850. The molecule has 0 atom stereocenters. The van der Waals surface area contributed by atoms with E-state index in [1.165, 1.54) is 11.3 Å². The van der Waals surface area contributed by atoms with E-state index in [-0.39, 0.29) is 0 Å². The molecule has 0 amide bonds. The van der Waals surface area contributed by atoms with Crippen LogP contribution >= 0.6 is 0 Å². The number of benzene rings is 1. The van der Waals surface area contributed by atoms with Gasteiger partial charge in [-0.25, -0.2) is 0 Å². The molecule has 0 saturated carbocycles. The van der Waals surface area contributed by atoms with Gasteiger partial charge in [-0.15, -0.1) is 0 Å². The number of rotatable bonds is 2. The minimum atomic E-state index is 0.850. The van der Waals surface area contributed by atoms with Crippen molar-refractivity contribution in [3.8, 4) is 0 Å². The van der Waals surface area contributed by atoms with Gasteiger partial charge in [0.2, 0.25) is 0 Å². The molecule has 2 heterocycles. The molecule has 86 valence electrons. The van der Waals surface area contributed by atoms with Crippen LogP contribution in [0, 0.1) is 0 Å². The summed E-state index contributed by atoms with van der Waals surface area (Å²) in [6.45, 7) is 1.92. The summed E-state index contributed by atoms with van der Waals surface area (Å²) in [5.41, 5.74) is 10.4. The largest absolute Gasteiger partial charge is 0.399 e. The average molecular weight is 225 g/mol. The smallest absolute Gasteiger partial charge is 0.0602 e. The SMILES string of the molecule is Nc1ccc2c(c1)CCN2Cc1ccccn1. The van der Waals surface area contributed by atoms with Crippen molar-refractivity contribution in [3.05, 3.63) is 53.9 Å². The second-order valence-corrected chi connectivity index (χ2v) is 4.38. The maximum Gasteiger partial charge on any atom is 0.0602 e. The number of nitrogens with zero attached hydrogens (tertiary/aromatic N) is 2. The first-order valence-electron chi connectivity index (χ1n) is 5.86. The molecule has 1 aliphatic heterocycles. The highest BCUT2D eigenvalue weighted by atomic mass is 15.2. The van der Waals surface area contributed by atoms with Gasteiger partial charge in [-0.1, -0.05) is 6.07 Å². The number of pyridine rings is 1. The maximum atomic E-state index is 5.80. The fraction of sp³-hybridized carbons (Fsp3) is 0.214. The summed E-state index contributed by atoms with van der Waals surface area (Å²) in [5, 5.41) is 0. The number of aromatic nitrogens is 1. The van der Waals surface area contributed by atoms with E-state index in [1.54, 1.807) is 0 Å². The lowest BCUT2D eigenvalue weighted by Crippen LogP contribution is -2.20. The van der Waals surface area contributed by atoms with Gasteiger partial charge >= 0.3 is 0 Å². The molecule has 0 fully saturated rings. The monoisotopic (exact) mass is 225 g/mol. The van der Waals surface area contributed by atoms with Crippen molar-refractivity contribution in [2.45, 2.75) is 13.0 Å². The lowest BCUT2D eigenvalue weighted by Gasteiger charge is -2.18. The second kappa shape index (κ2) is 4.09. The van der Waals surface area contributed by atoms with E-state index in [4.69, 9.17) is 5.73 Å². The minimum Gasteiger partial charge on any atom is -0.399 e. The third-order valence-electron chi connectivity index (χ3n) is 3.17. The highest BCUT2D eigenvalue weighted by Crippen LogP contribution is 2.30. The molecule has 0 radical (unpaired) electrons. The van der Waals surface area contributed by atoms with Crippen LogP contribution in [0.1, 0.15) is 11.3 Å². The molecule has 2 aromatic rings. The van der Waals surface area contributed by atoms with Crippen LogP contribution in [0.3, 0.4) is 0 Å². The highest BCUT2D eigenvalue weighted by molar-refractivity contribution is 5.62. The molecule has 0 bridgehead atoms.